The molecule has 8 heteroatoms. The lowest BCUT2D eigenvalue weighted by Crippen LogP contribution is -2.16. The van der Waals surface area contributed by atoms with Gasteiger partial charge in [0.25, 0.3) is 0 Å². The van der Waals surface area contributed by atoms with Crippen LogP contribution in [0.1, 0.15) is 35.9 Å². The number of anilines is 4. The van der Waals surface area contributed by atoms with Crippen LogP contribution in [-0.4, -0.2) is 27.0 Å². The molecule has 0 saturated heterocycles. The van der Waals surface area contributed by atoms with E-state index in [2.05, 4.69) is 31.3 Å². The highest BCUT2D eigenvalue weighted by molar-refractivity contribution is 5.59. The van der Waals surface area contributed by atoms with Crippen molar-refractivity contribution < 1.29 is 4.42 Å². The van der Waals surface area contributed by atoms with Gasteiger partial charge in [0.1, 0.15) is 11.6 Å². The van der Waals surface area contributed by atoms with Crippen LogP contribution >= 0.6 is 0 Å². The minimum absolute atomic E-state index is 0.386. The Bertz CT molecular complexity index is 986. The van der Waals surface area contributed by atoms with Crippen LogP contribution in [-0.2, 0) is 6.42 Å². The number of nitrogens with one attached hydrogen (secondary N) is 1. The van der Waals surface area contributed by atoms with Crippen LogP contribution < -0.4 is 10.2 Å². The summed E-state index contributed by atoms with van der Waals surface area (Å²) in [7, 11) is 1.91. The van der Waals surface area contributed by atoms with Crippen LogP contribution in [0, 0.1) is 18.3 Å². The van der Waals surface area contributed by atoms with E-state index in [1.807, 2.05) is 43.1 Å². The summed E-state index contributed by atoms with van der Waals surface area (Å²) in [6, 6.07) is 9.96. The zero-order chi connectivity index (χ0) is 18.8. The lowest BCUT2D eigenvalue weighted by Gasteiger charge is -2.18. The summed E-state index contributed by atoms with van der Waals surface area (Å²) in [5, 5.41) is 11.9. The Morgan fingerprint density at radius 1 is 1.22 bits per heavy atom. The zero-order valence-electron chi connectivity index (χ0n) is 15.2. The van der Waals surface area contributed by atoms with Gasteiger partial charge in [-0.1, -0.05) is 12.1 Å². The van der Waals surface area contributed by atoms with Crippen molar-refractivity contribution in [2.75, 3.05) is 17.3 Å². The van der Waals surface area contributed by atoms with Crippen LogP contribution in [0.15, 0.2) is 35.1 Å². The van der Waals surface area contributed by atoms with Crippen LogP contribution in [0.4, 0.5) is 23.4 Å². The maximum absolute atomic E-state index is 8.81. The molecule has 0 aliphatic heterocycles. The number of nitrogens with zero attached hydrogens (tertiary/aromatic N) is 6. The summed E-state index contributed by atoms with van der Waals surface area (Å²) < 4.78 is 5.23. The first kappa shape index (κ1) is 17.0. The summed E-state index contributed by atoms with van der Waals surface area (Å²) in [5.41, 5.74) is 1.92. The molecule has 1 aliphatic carbocycles. The van der Waals surface area contributed by atoms with Gasteiger partial charge >= 0.3 is 0 Å². The van der Waals surface area contributed by atoms with Crippen molar-refractivity contribution in [1.29, 1.82) is 5.26 Å². The minimum atomic E-state index is 0.386. The predicted molar refractivity (Wildman–Crippen MR) is 100 cm³/mol. The molecule has 136 valence electrons. The molecule has 8 nitrogen and oxygen atoms in total. The normalized spacial score (nSPS) is 13.2. The molecule has 0 bridgehead atoms. The van der Waals surface area contributed by atoms with Crippen LogP contribution in [0.2, 0.25) is 0 Å². The molecule has 1 aliphatic rings. The fourth-order valence-corrected chi connectivity index (χ4v) is 2.69. The maximum atomic E-state index is 8.81. The molecule has 1 fully saturated rings. The van der Waals surface area contributed by atoms with E-state index in [4.69, 9.17) is 9.68 Å². The number of nitriles is 1. The van der Waals surface area contributed by atoms with Gasteiger partial charge in [-0.05, 0) is 37.5 Å². The van der Waals surface area contributed by atoms with E-state index in [1.165, 1.54) is 6.39 Å². The third kappa shape index (κ3) is 3.72. The van der Waals surface area contributed by atoms with Gasteiger partial charge in [0.15, 0.2) is 12.2 Å². The van der Waals surface area contributed by atoms with Crippen molar-refractivity contribution in [1.82, 2.24) is 19.9 Å². The monoisotopic (exact) mass is 361 g/mol. The molecule has 2 aromatic heterocycles. The average Bonchev–Trinajstić information content (AvgIpc) is 3.46. The van der Waals surface area contributed by atoms with E-state index in [1.54, 1.807) is 0 Å². The summed E-state index contributed by atoms with van der Waals surface area (Å²) in [6.07, 6.45) is 3.97. The first-order valence-corrected chi connectivity index (χ1v) is 8.76. The topological polar surface area (TPSA) is 104 Å². The molecule has 2 heterocycles. The molecule has 0 spiro atoms. The molecule has 3 aromatic rings. The second-order valence-corrected chi connectivity index (χ2v) is 6.53. The maximum Gasteiger partial charge on any atom is 0.234 e. The Kier molecular flexibility index (Phi) is 4.42. The van der Waals surface area contributed by atoms with Gasteiger partial charge in [-0.2, -0.15) is 25.2 Å². The number of benzene rings is 1. The Morgan fingerprint density at radius 2 is 2.00 bits per heavy atom. The molecule has 4 rings (SSSR count). The van der Waals surface area contributed by atoms with Crippen molar-refractivity contribution in [3.63, 3.8) is 0 Å². The van der Waals surface area contributed by atoms with Gasteiger partial charge in [0, 0.05) is 18.7 Å². The van der Waals surface area contributed by atoms with Crippen LogP contribution in [0.25, 0.3) is 0 Å². The summed E-state index contributed by atoms with van der Waals surface area (Å²) in [5.74, 6) is 3.45. The second kappa shape index (κ2) is 7.03. The van der Waals surface area contributed by atoms with E-state index in [0.29, 0.717) is 35.8 Å². The quantitative estimate of drug-likeness (QED) is 0.710. The van der Waals surface area contributed by atoms with E-state index >= 15 is 0 Å². The fourth-order valence-electron chi connectivity index (χ4n) is 2.69. The van der Waals surface area contributed by atoms with Gasteiger partial charge in [-0.3, -0.25) is 0 Å². The van der Waals surface area contributed by atoms with Crippen molar-refractivity contribution in [2.24, 2.45) is 0 Å². The van der Waals surface area contributed by atoms with Gasteiger partial charge < -0.3 is 14.6 Å². The highest BCUT2D eigenvalue weighted by atomic mass is 16.3. The lowest BCUT2D eigenvalue weighted by molar-refractivity contribution is 0.527. The van der Waals surface area contributed by atoms with Crippen molar-refractivity contribution in [3.05, 3.63) is 47.8 Å². The smallest absolute Gasteiger partial charge is 0.234 e. The Hall–Kier alpha value is -3.47. The SMILES string of the molecule is Cc1ocnc1Nc1nc(C2CC2)nc(N(C)c2ccc(CC#N)cc2)n1. The van der Waals surface area contributed by atoms with E-state index in [0.717, 1.165) is 29.9 Å². The van der Waals surface area contributed by atoms with Gasteiger partial charge in [-0.15, -0.1) is 0 Å². The highest BCUT2D eigenvalue weighted by Crippen LogP contribution is 2.39. The molecule has 0 amide bonds. The van der Waals surface area contributed by atoms with E-state index < -0.39 is 0 Å². The summed E-state index contributed by atoms with van der Waals surface area (Å²) in [6.45, 7) is 1.83. The van der Waals surface area contributed by atoms with Crippen LogP contribution in [0.3, 0.4) is 0 Å². The first-order valence-electron chi connectivity index (χ1n) is 8.76. The predicted octanol–water partition coefficient (Wildman–Crippen LogP) is 3.62. The number of hydrogen-bond acceptors (Lipinski definition) is 8. The van der Waals surface area contributed by atoms with Gasteiger partial charge in [0.05, 0.1) is 12.5 Å². The molecule has 0 unspecified atom stereocenters. The molecule has 0 radical (unpaired) electrons. The molecular weight excluding hydrogens is 342 g/mol. The molecule has 27 heavy (non-hydrogen) atoms. The second-order valence-electron chi connectivity index (χ2n) is 6.53. The molecule has 1 N–H and O–H groups in total. The third-order valence-electron chi connectivity index (χ3n) is 4.47. The molecule has 1 saturated carbocycles. The van der Waals surface area contributed by atoms with E-state index in [9.17, 15) is 0 Å². The van der Waals surface area contributed by atoms with E-state index in [-0.39, 0.29) is 0 Å². The Morgan fingerprint density at radius 3 is 2.63 bits per heavy atom. The molecule has 0 atom stereocenters. The lowest BCUT2D eigenvalue weighted by atomic mass is 10.1. The standard InChI is InChI=1S/C19H19N7O/c1-12-16(21-11-27-12)22-18-23-17(14-5-6-14)24-19(25-18)26(2)15-7-3-13(4-8-15)9-10-20/h3-4,7-8,11,14H,5-6,9H2,1-2H3,(H,22,23,24,25). The van der Waals surface area contributed by atoms with Crippen LogP contribution in [0.5, 0.6) is 0 Å². The third-order valence-corrected chi connectivity index (χ3v) is 4.47. The molecular formula is C19H19N7O. The van der Waals surface area contributed by atoms with Gasteiger partial charge in [0.2, 0.25) is 11.9 Å². The Labute approximate surface area is 156 Å². The first-order chi connectivity index (χ1) is 13.1. The fraction of sp³-hybridized carbons (Fsp3) is 0.316. The number of aromatic nitrogens is 4. The van der Waals surface area contributed by atoms with Gasteiger partial charge in [-0.25, -0.2) is 0 Å². The summed E-state index contributed by atoms with van der Waals surface area (Å²) in [4.78, 5) is 19.8. The Balaban J connectivity index is 1.64. The summed E-state index contributed by atoms with van der Waals surface area (Å²) >= 11 is 0. The zero-order valence-corrected chi connectivity index (χ0v) is 15.2. The number of hydrogen-bond donors (Lipinski definition) is 1. The van der Waals surface area contributed by atoms with Crippen molar-refractivity contribution in [2.45, 2.75) is 32.1 Å². The average molecular weight is 361 g/mol. The highest BCUT2D eigenvalue weighted by Gasteiger charge is 2.28. The largest absolute Gasteiger partial charge is 0.446 e. The number of rotatable bonds is 6. The number of oxazole rings is 1. The molecule has 1 aromatic carbocycles. The van der Waals surface area contributed by atoms with Crippen molar-refractivity contribution in [3.8, 4) is 6.07 Å². The van der Waals surface area contributed by atoms with Crippen molar-refractivity contribution >= 4 is 23.4 Å². The number of aryl methyl sites for hydroxylation is 1. The minimum Gasteiger partial charge on any atom is -0.446 e.